The third-order valence-electron chi connectivity index (χ3n) is 5.26. The predicted octanol–water partition coefficient (Wildman–Crippen LogP) is 4.32. The van der Waals surface area contributed by atoms with Crippen LogP contribution >= 0.6 is 0 Å². The third kappa shape index (κ3) is 3.70. The van der Waals surface area contributed by atoms with Gasteiger partial charge < -0.3 is 10.1 Å². The van der Waals surface area contributed by atoms with Crippen LogP contribution in [0.3, 0.4) is 0 Å². The standard InChI is InChI=1S/C20H23F2N3O/c1-19(6-8-26-13-19)25-18-15(9-14-10-20(21,22)11-14)4-5-17(24-18)16-3-2-7-23-12-16/h2-5,7,12,14H,6,8-11,13H2,1H3,(H,24,25). The van der Waals surface area contributed by atoms with E-state index in [9.17, 15) is 8.78 Å². The molecule has 2 aliphatic rings. The van der Waals surface area contributed by atoms with E-state index >= 15 is 0 Å². The molecule has 0 bridgehead atoms. The number of pyridine rings is 2. The highest BCUT2D eigenvalue weighted by Gasteiger charge is 2.45. The fourth-order valence-corrected chi connectivity index (χ4v) is 3.73. The lowest BCUT2D eigenvalue weighted by molar-refractivity contribution is -0.109. The van der Waals surface area contributed by atoms with Crippen molar-refractivity contribution in [1.82, 2.24) is 9.97 Å². The Morgan fingerprint density at radius 3 is 2.77 bits per heavy atom. The van der Waals surface area contributed by atoms with Gasteiger partial charge in [-0.15, -0.1) is 0 Å². The smallest absolute Gasteiger partial charge is 0.248 e. The topological polar surface area (TPSA) is 47.0 Å². The van der Waals surface area contributed by atoms with Gasteiger partial charge in [0.25, 0.3) is 0 Å². The van der Waals surface area contributed by atoms with Crippen molar-refractivity contribution in [3.05, 3.63) is 42.2 Å². The number of ether oxygens (including phenoxy) is 1. The Kier molecular flexibility index (Phi) is 4.39. The van der Waals surface area contributed by atoms with Crippen molar-refractivity contribution < 1.29 is 13.5 Å². The fraction of sp³-hybridized carbons (Fsp3) is 0.500. The Balaban J connectivity index is 1.61. The van der Waals surface area contributed by atoms with Crippen LogP contribution in [0.5, 0.6) is 0 Å². The van der Waals surface area contributed by atoms with E-state index in [4.69, 9.17) is 9.72 Å². The van der Waals surface area contributed by atoms with Gasteiger partial charge in [0.2, 0.25) is 5.92 Å². The summed E-state index contributed by atoms with van der Waals surface area (Å²) in [4.78, 5) is 8.96. The normalized spacial score (nSPS) is 25.0. The zero-order chi connectivity index (χ0) is 18.2. The molecule has 1 saturated heterocycles. The van der Waals surface area contributed by atoms with Crippen LogP contribution in [0.2, 0.25) is 0 Å². The molecular weight excluding hydrogens is 336 g/mol. The first-order valence-electron chi connectivity index (χ1n) is 9.07. The molecule has 4 rings (SSSR count). The summed E-state index contributed by atoms with van der Waals surface area (Å²) >= 11 is 0. The van der Waals surface area contributed by atoms with Crippen LogP contribution in [-0.2, 0) is 11.2 Å². The minimum Gasteiger partial charge on any atom is -0.379 e. The Labute approximate surface area is 152 Å². The molecule has 6 heteroatoms. The van der Waals surface area contributed by atoms with E-state index in [0.717, 1.165) is 35.7 Å². The maximum atomic E-state index is 13.2. The van der Waals surface area contributed by atoms with Crippen LogP contribution in [0, 0.1) is 5.92 Å². The van der Waals surface area contributed by atoms with Crippen LogP contribution in [0.4, 0.5) is 14.6 Å². The second kappa shape index (κ2) is 6.58. The molecule has 1 aliphatic heterocycles. The second-order valence-corrected chi connectivity index (χ2v) is 7.77. The first-order chi connectivity index (χ1) is 12.4. The molecule has 1 atom stereocenters. The SMILES string of the molecule is CC1(Nc2nc(-c3cccnc3)ccc2CC2CC(F)(F)C2)CCOC1. The summed E-state index contributed by atoms with van der Waals surface area (Å²) in [5, 5.41) is 3.53. The van der Waals surface area contributed by atoms with Crippen molar-refractivity contribution in [2.45, 2.75) is 44.1 Å². The quantitative estimate of drug-likeness (QED) is 0.864. The Morgan fingerprint density at radius 2 is 2.12 bits per heavy atom. The van der Waals surface area contributed by atoms with Crippen LogP contribution in [0.25, 0.3) is 11.3 Å². The van der Waals surface area contributed by atoms with Gasteiger partial charge in [-0.1, -0.05) is 6.07 Å². The Hall–Kier alpha value is -2.08. The monoisotopic (exact) mass is 359 g/mol. The molecule has 4 nitrogen and oxygen atoms in total. The van der Waals surface area contributed by atoms with Crippen molar-refractivity contribution in [3.63, 3.8) is 0 Å². The van der Waals surface area contributed by atoms with E-state index < -0.39 is 5.92 Å². The average molecular weight is 359 g/mol. The van der Waals surface area contributed by atoms with Crippen molar-refractivity contribution in [2.24, 2.45) is 5.92 Å². The average Bonchev–Trinajstić information content (AvgIpc) is 3.02. The van der Waals surface area contributed by atoms with Gasteiger partial charge in [0, 0.05) is 37.4 Å². The van der Waals surface area contributed by atoms with Gasteiger partial charge in [0.1, 0.15) is 5.82 Å². The number of halogens is 2. The number of aromatic nitrogens is 2. The van der Waals surface area contributed by atoms with Crippen LogP contribution < -0.4 is 5.32 Å². The lowest BCUT2D eigenvalue weighted by Crippen LogP contribution is -2.38. The van der Waals surface area contributed by atoms with Gasteiger partial charge in [0.05, 0.1) is 17.8 Å². The minimum atomic E-state index is -2.49. The fourth-order valence-electron chi connectivity index (χ4n) is 3.73. The maximum Gasteiger partial charge on any atom is 0.248 e. The zero-order valence-corrected chi connectivity index (χ0v) is 14.8. The van der Waals surface area contributed by atoms with Gasteiger partial charge in [-0.3, -0.25) is 4.98 Å². The second-order valence-electron chi connectivity index (χ2n) is 7.77. The Bertz CT molecular complexity index is 768. The zero-order valence-electron chi connectivity index (χ0n) is 14.8. The lowest BCUT2D eigenvalue weighted by Gasteiger charge is -2.35. The predicted molar refractivity (Wildman–Crippen MR) is 96.3 cm³/mol. The largest absolute Gasteiger partial charge is 0.379 e. The third-order valence-corrected chi connectivity index (χ3v) is 5.26. The molecule has 0 aromatic carbocycles. The van der Waals surface area contributed by atoms with E-state index in [0.29, 0.717) is 13.0 Å². The van der Waals surface area contributed by atoms with Gasteiger partial charge >= 0.3 is 0 Å². The molecule has 1 saturated carbocycles. The number of nitrogens with zero attached hydrogens (tertiary/aromatic N) is 2. The number of rotatable bonds is 5. The molecule has 1 N–H and O–H groups in total. The number of hydrogen-bond donors (Lipinski definition) is 1. The Morgan fingerprint density at radius 1 is 1.27 bits per heavy atom. The highest BCUT2D eigenvalue weighted by Crippen LogP contribution is 2.44. The van der Waals surface area contributed by atoms with Crippen molar-refractivity contribution in [3.8, 4) is 11.3 Å². The molecule has 0 amide bonds. The lowest BCUT2D eigenvalue weighted by atomic mass is 9.77. The maximum absolute atomic E-state index is 13.2. The van der Waals surface area contributed by atoms with Crippen molar-refractivity contribution in [1.29, 1.82) is 0 Å². The van der Waals surface area contributed by atoms with E-state index in [2.05, 4.69) is 17.2 Å². The summed E-state index contributed by atoms with van der Waals surface area (Å²) in [5.74, 6) is -1.70. The van der Waals surface area contributed by atoms with Gasteiger partial charge in [-0.2, -0.15) is 0 Å². The summed E-state index contributed by atoms with van der Waals surface area (Å²) in [6, 6.07) is 7.79. The summed E-state index contributed by atoms with van der Waals surface area (Å²) < 4.78 is 32.0. The molecule has 1 aliphatic carbocycles. The van der Waals surface area contributed by atoms with Crippen LogP contribution in [0.15, 0.2) is 36.7 Å². The van der Waals surface area contributed by atoms with Crippen LogP contribution in [0.1, 0.15) is 31.7 Å². The van der Waals surface area contributed by atoms with E-state index in [-0.39, 0.29) is 24.3 Å². The first-order valence-corrected chi connectivity index (χ1v) is 9.07. The van der Waals surface area contributed by atoms with E-state index in [1.165, 1.54) is 0 Å². The molecule has 0 radical (unpaired) electrons. The van der Waals surface area contributed by atoms with Crippen LogP contribution in [-0.4, -0.2) is 34.6 Å². The highest BCUT2D eigenvalue weighted by atomic mass is 19.3. The molecule has 3 heterocycles. The highest BCUT2D eigenvalue weighted by molar-refractivity contribution is 5.62. The molecule has 1 unspecified atom stereocenters. The van der Waals surface area contributed by atoms with Crippen molar-refractivity contribution in [2.75, 3.05) is 18.5 Å². The van der Waals surface area contributed by atoms with Gasteiger partial charge in [0.15, 0.2) is 0 Å². The summed E-state index contributed by atoms with van der Waals surface area (Å²) in [6.45, 7) is 3.45. The molecule has 2 aromatic heterocycles. The summed E-state index contributed by atoms with van der Waals surface area (Å²) in [7, 11) is 0. The van der Waals surface area contributed by atoms with Gasteiger partial charge in [-0.05, 0) is 49.4 Å². The number of hydrogen-bond acceptors (Lipinski definition) is 4. The first kappa shape index (κ1) is 17.3. The number of anilines is 1. The molecular formula is C20H23F2N3O. The number of alkyl halides is 2. The van der Waals surface area contributed by atoms with E-state index in [1.807, 2.05) is 24.3 Å². The van der Waals surface area contributed by atoms with E-state index in [1.54, 1.807) is 12.4 Å². The molecule has 0 spiro atoms. The van der Waals surface area contributed by atoms with Crippen molar-refractivity contribution >= 4 is 5.82 Å². The van der Waals surface area contributed by atoms with Gasteiger partial charge in [-0.25, -0.2) is 13.8 Å². The molecule has 138 valence electrons. The molecule has 26 heavy (non-hydrogen) atoms. The molecule has 2 aromatic rings. The number of nitrogens with one attached hydrogen (secondary N) is 1. The summed E-state index contributed by atoms with van der Waals surface area (Å²) in [5.41, 5.74) is 2.57. The minimum absolute atomic E-state index is 0.0178. The summed E-state index contributed by atoms with van der Waals surface area (Å²) in [6.07, 6.45) is 4.96. The molecule has 2 fully saturated rings.